The molecule has 7 heteroatoms. The lowest BCUT2D eigenvalue weighted by Crippen LogP contribution is -2.26. The number of hydrazine groups is 1. The van der Waals surface area contributed by atoms with Crippen LogP contribution in [0.15, 0.2) is 22.7 Å². The summed E-state index contributed by atoms with van der Waals surface area (Å²) in [6.45, 7) is 0.195. The molecule has 88 valence electrons. The Hall–Kier alpha value is -0.820. The Bertz CT molecular complexity index is 376. The Morgan fingerprint density at radius 2 is 2.31 bits per heavy atom. The molecule has 0 bridgehead atoms. The van der Waals surface area contributed by atoms with Gasteiger partial charge in [0.05, 0.1) is 17.5 Å². The van der Waals surface area contributed by atoms with Crippen LogP contribution in [0.2, 0.25) is 5.02 Å². The highest BCUT2D eigenvalue weighted by Gasteiger charge is 2.05. The highest BCUT2D eigenvalue weighted by atomic mass is 79.9. The molecular formula is C9H10BrClN2O3. The fourth-order valence-corrected chi connectivity index (χ4v) is 1.75. The molecule has 0 spiro atoms. The van der Waals surface area contributed by atoms with Crippen LogP contribution in [0.1, 0.15) is 6.42 Å². The summed E-state index contributed by atoms with van der Waals surface area (Å²) in [5.74, 6) is 4.91. The van der Waals surface area contributed by atoms with Gasteiger partial charge in [-0.25, -0.2) is 5.84 Å². The van der Waals surface area contributed by atoms with Crippen molar-refractivity contribution in [2.75, 3.05) is 6.61 Å². The van der Waals surface area contributed by atoms with Crippen LogP contribution in [0.5, 0.6) is 5.75 Å². The van der Waals surface area contributed by atoms with Crippen molar-refractivity contribution in [1.82, 2.24) is 5.59 Å². The van der Waals surface area contributed by atoms with Crippen LogP contribution in [0.3, 0.4) is 0 Å². The quantitative estimate of drug-likeness (QED) is 0.641. The molecule has 0 aliphatic carbocycles. The molecule has 0 aliphatic heterocycles. The molecule has 0 aliphatic rings. The Labute approximate surface area is 106 Å². The zero-order valence-corrected chi connectivity index (χ0v) is 10.5. The standard InChI is InChI=1S/C9H10BrClN2O3/c10-7-5-6(11)1-2-8(7)15-4-3-9(14)16-13-12/h1-2,5,13H,3-4,12H2. The average molecular weight is 310 g/mol. The second-order valence-electron chi connectivity index (χ2n) is 2.77. The first-order valence-electron chi connectivity index (χ1n) is 4.36. The number of rotatable bonds is 5. The third-order valence-corrected chi connectivity index (χ3v) is 2.49. The molecule has 16 heavy (non-hydrogen) atoms. The number of hydrogen-bond donors (Lipinski definition) is 2. The van der Waals surface area contributed by atoms with Gasteiger partial charge < -0.3 is 9.57 Å². The van der Waals surface area contributed by atoms with Crippen molar-refractivity contribution in [3.05, 3.63) is 27.7 Å². The number of hydrogen-bond acceptors (Lipinski definition) is 5. The predicted octanol–water partition coefficient (Wildman–Crippen LogP) is 1.79. The maximum atomic E-state index is 10.9. The molecule has 1 rings (SSSR count). The molecule has 1 aromatic rings. The van der Waals surface area contributed by atoms with Crippen LogP contribution in [-0.4, -0.2) is 12.6 Å². The van der Waals surface area contributed by atoms with E-state index >= 15 is 0 Å². The molecule has 0 saturated heterocycles. The molecule has 1 aromatic carbocycles. The van der Waals surface area contributed by atoms with Gasteiger partial charge in [-0.15, -0.1) is 0 Å². The molecule has 0 fully saturated rings. The number of carbonyl (C=O) groups is 1. The first-order chi connectivity index (χ1) is 7.63. The molecule has 0 heterocycles. The summed E-state index contributed by atoms with van der Waals surface area (Å²) in [7, 11) is 0. The number of carbonyl (C=O) groups excluding carboxylic acids is 1. The number of halogens is 2. The van der Waals surface area contributed by atoms with Gasteiger partial charge in [0.15, 0.2) is 0 Å². The van der Waals surface area contributed by atoms with Crippen LogP contribution in [0.4, 0.5) is 0 Å². The number of benzene rings is 1. The summed E-state index contributed by atoms with van der Waals surface area (Å²) in [4.78, 5) is 15.2. The molecule has 3 N–H and O–H groups in total. The molecule has 0 radical (unpaired) electrons. The van der Waals surface area contributed by atoms with E-state index in [1.807, 2.05) is 0 Å². The van der Waals surface area contributed by atoms with Gasteiger partial charge in [-0.3, -0.25) is 4.79 Å². The van der Waals surface area contributed by atoms with E-state index in [0.717, 1.165) is 4.47 Å². The minimum atomic E-state index is -0.493. The van der Waals surface area contributed by atoms with Gasteiger partial charge in [-0.1, -0.05) is 17.2 Å². The third-order valence-electron chi connectivity index (χ3n) is 1.63. The van der Waals surface area contributed by atoms with E-state index in [0.29, 0.717) is 10.8 Å². The lowest BCUT2D eigenvalue weighted by atomic mass is 10.3. The van der Waals surface area contributed by atoms with E-state index in [4.69, 9.17) is 22.2 Å². The van der Waals surface area contributed by atoms with E-state index in [9.17, 15) is 4.79 Å². The van der Waals surface area contributed by atoms with E-state index in [2.05, 4.69) is 20.8 Å². The molecule has 0 unspecified atom stereocenters. The van der Waals surface area contributed by atoms with Crippen LogP contribution < -0.4 is 16.2 Å². The van der Waals surface area contributed by atoms with Crippen LogP contribution in [0.25, 0.3) is 0 Å². The van der Waals surface area contributed by atoms with E-state index in [1.54, 1.807) is 23.8 Å². The average Bonchev–Trinajstić information content (AvgIpc) is 2.22. The highest BCUT2D eigenvalue weighted by Crippen LogP contribution is 2.27. The zero-order chi connectivity index (χ0) is 12.0. The van der Waals surface area contributed by atoms with Crippen LogP contribution in [0, 0.1) is 0 Å². The van der Waals surface area contributed by atoms with Gasteiger partial charge in [-0.2, -0.15) is 0 Å². The van der Waals surface area contributed by atoms with Crippen molar-refractivity contribution in [2.24, 2.45) is 5.84 Å². The largest absolute Gasteiger partial charge is 0.492 e. The Morgan fingerprint density at radius 3 is 2.94 bits per heavy atom. The molecule has 0 amide bonds. The normalized spacial score (nSPS) is 9.94. The Morgan fingerprint density at radius 1 is 1.56 bits per heavy atom. The van der Waals surface area contributed by atoms with Gasteiger partial charge in [0.2, 0.25) is 0 Å². The Balaban J connectivity index is 2.40. The predicted molar refractivity (Wildman–Crippen MR) is 62.7 cm³/mol. The molecule has 0 aromatic heterocycles. The number of nitrogens with two attached hydrogens (primary N) is 1. The minimum Gasteiger partial charge on any atom is -0.492 e. The van der Waals surface area contributed by atoms with E-state index in [-0.39, 0.29) is 13.0 Å². The van der Waals surface area contributed by atoms with Gasteiger partial charge in [0.25, 0.3) is 0 Å². The first kappa shape index (κ1) is 13.2. The smallest absolute Gasteiger partial charge is 0.329 e. The van der Waals surface area contributed by atoms with Crippen molar-refractivity contribution < 1.29 is 14.4 Å². The molecule has 5 nitrogen and oxygen atoms in total. The summed E-state index contributed by atoms with van der Waals surface area (Å²) < 4.78 is 6.06. The SMILES string of the molecule is NNOC(=O)CCOc1ccc(Cl)cc1Br. The van der Waals surface area contributed by atoms with Gasteiger partial charge in [0.1, 0.15) is 5.75 Å². The lowest BCUT2D eigenvalue weighted by molar-refractivity contribution is -0.151. The maximum absolute atomic E-state index is 10.9. The van der Waals surface area contributed by atoms with E-state index in [1.165, 1.54) is 0 Å². The summed E-state index contributed by atoms with van der Waals surface area (Å²) >= 11 is 9.05. The van der Waals surface area contributed by atoms with Gasteiger partial charge in [-0.05, 0) is 34.1 Å². The van der Waals surface area contributed by atoms with Crippen LogP contribution in [-0.2, 0) is 9.63 Å². The summed E-state index contributed by atoms with van der Waals surface area (Å²) in [5, 5.41) is 0.603. The first-order valence-corrected chi connectivity index (χ1v) is 5.53. The topological polar surface area (TPSA) is 73.6 Å². The van der Waals surface area contributed by atoms with Crippen molar-refractivity contribution in [2.45, 2.75) is 6.42 Å². The fourth-order valence-electron chi connectivity index (χ4n) is 0.953. The molecule has 0 saturated carbocycles. The lowest BCUT2D eigenvalue weighted by Gasteiger charge is -2.07. The molecule has 0 atom stereocenters. The van der Waals surface area contributed by atoms with Gasteiger partial charge in [0, 0.05) is 5.02 Å². The molecular weight excluding hydrogens is 299 g/mol. The van der Waals surface area contributed by atoms with Crippen LogP contribution >= 0.6 is 27.5 Å². The number of ether oxygens (including phenoxy) is 1. The fraction of sp³-hybridized carbons (Fsp3) is 0.222. The highest BCUT2D eigenvalue weighted by molar-refractivity contribution is 9.10. The van der Waals surface area contributed by atoms with E-state index < -0.39 is 5.97 Å². The maximum Gasteiger partial charge on any atom is 0.329 e. The van der Waals surface area contributed by atoms with Crippen molar-refractivity contribution in [3.8, 4) is 5.75 Å². The second-order valence-corrected chi connectivity index (χ2v) is 4.06. The Kier molecular flexibility index (Phi) is 5.54. The van der Waals surface area contributed by atoms with Crippen molar-refractivity contribution in [1.29, 1.82) is 0 Å². The summed E-state index contributed by atoms with van der Waals surface area (Å²) in [6, 6.07) is 5.11. The summed E-state index contributed by atoms with van der Waals surface area (Å²) in [6.07, 6.45) is 0.0965. The monoisotopic (exact) mass is 308 g/mol. The zero-order valence-electron chi connectivity index (χ0n) is 8.20. The minimum absolute atomic E-state index is 0.0965. The van der Waals surface area contributed by atoms with Gasteiger partial charge >= 0.3 is 5.97 Å². The van der Waals surface area contributed by atoms with Crippen molar-refractivity contribution in [3.63, 3.8) is 0 Å². The summed E-state index contributed by atoms with van der Waals surface area (Å²) in [5.41, 5.74) is 1.80. The third kappa shape index (κ3) is 4.36. The number of nitrogens with one attached hydrogen (secondary N) is 1. The second kappa shape index (κ2) is 6.70. The van der Waals surface area contributed by atoms with Crippen molar-refractivity contribution >= 4 is 33.5 Å².